The van der Waals surface area contributed by atoms with Gasteiger partial charge in [0.05, 0.1) is 5.92 Å². The first-order valence-corrected chi connectivity index (χ1v) is 7.58. The highest BCUT2D eigenvalue weighted by Crippen LogP contribution is 2.13. The topological polar surface area (TPSA) is 78.4 Å². The Morgan fingerprint density at radius 1 is 1.10 bits per heavy atom. The maximum absolute atomic E-state index is 11.8. The van der Waals surface area contributed by atoms with Crippen LogP contribution in [0, 0.1) is 17.8 Å². The molecule has 118 valence electrons. The molecular weight excluding hydrogens is 256 g/mol. The zero-order chi connectivity index (χ0) is 15.7. The van der Waals surface area contributed by atoms with Crippen molar-refractivity contribution in [2.75, 3.05) is 6.54 Å². The molecular formula is C15H30N2O3. The number of carbonyl (C=O) groups is 2. The highest BCUT2D eigenvalue weighted by atomic mass is 16.4. The van der Waals surface area contributed by atoms with Crippen molar-refractivity contribution < 1.29 is 14.7 Å². The molecule has 0 aromatic carbocycles. The average molecular weight is 286 g/mol. The van der Waals surface area contributed by atoms with Gasteiger partial charge in [0.25, 0.3) is 0 Å². The fraction of sp³-hybridized carbons (Fsp3) is 0.867. The molecule has 2 atom stereocenters. The second-order valence-corrected chi connectivity index (χ2v) is 5.88. The minimum Gasteiger partial charge on any atom is -0.481 e. The van der Waals surface area contributed by atoms with Crippen LogP contribution in [-0.4, -0.2) is 29.7 Å². The third-order valence-corrected chi connectivity index (χ3v) is 3.73. The van der Waals surface area contributed by atoms with E-state index in [-0.39, 0.29) is 18.6 Å². The second-order valence-electron chi connectivity index (χ2n) is 5.88. The number of hydrogen-bond acceptors (Lipinski definition) is 2. The van der Waals surface area contributed by atoms with Gasteiger partial charge in [0.15, 0.2) is 0 Å². The van der Waals surface area contributed by atoms with Gasteiger partial charge in [-0.05, 0) is 25.2 Å². The number of amides is 2. The van der Waals surface area contributed by atoms with Gasteiger partial charge in [-0.15, -0.1) is 0 Å². The first kappa shape index (κ1) is 18.7. The number of carboxylic acid groups (broad SMARTS) is 1. The summed E-state index contributed by atoms with van der Waals surface area (Å²) in [5, 5.41) is 14.7. The van der Waals surface area contributed by atoms with Crippen LogP contribution in [0.2, 0.25) is 0 Å². The normalized spacial score (nSPS) is 14.2. The average Bonchev–Trinajstić information content (AvgIpc) is 2.35. The summed E-state index contributed by atoms with van der Waals surface area (Å²) in [5.41, 5.74) is 0. The van der Waals surface area contributed by atoms with Gasteiger partial charge in [0.2, 0.25) is 0 Å². The van der Waals surface area contributed by atoms with Gasteiger partial charge in [-0.3, -0.25) is 4.79 Å². The van der Waals surface area contributed by atoms with Crippen molar-refractivity contribution in [2.24, 2.45) is 17.8 Å². The Bertz CT molecular complexity index is 301. The smallest absolute Gasteiger partial charge is 0.315 e. The van der Waals surface area contributed by atoms with Crippen LogP contribution in [0.1, 0.15) is 53.9 Å². The predicted octanol–water partition coefficient (Wildman–Crippen LogP) is 2.86. The van der Waals surface area contributed by atoms with E-state index in [4.69, 9.17) is 5.11 Å². The molecule has 0 saturated heterocycles. The van der Waals surface area contributed by atoms with Gasteiger partial charge >= 0.3 is 12.0 Å². The Kier molecular flexibility index (Phi) is 9.01. The van der Waals surface area contributed by atoms with Crippen molar-refractivity contribution in [2.45, 2.75) is 59.9 Å². The van der Waals surface area contributed by atoms with Crippen LogP contribution in [0.3, 0.4) is 0 Å². The number of urea groups is 1. The molecule has 0 aromatic rings. The lowest BCUT2D eigenvalue weighted by molar-refractivity contribution is -0.142. The molecule has 2 unspecified atom stereocenters. The highest BCUT2D eigenvalue weighted by Gasteiger charge is 2.21. The summed E-state index contributed by atoms with van der Waals surface area (Å²) in [4.78, 5) is 22.9. The van der Waals surface area contributed by atoms with E-state index in [9.17, 15) is 9.59 Å². The summed E-state index contributed by atoms with van der Waals surface area (Å²) in [6.07, 6.45) is 2.60. The van der Waals surface area contributed by atoms with Crippen molar-refractivity contribution in [3.8, 4) is 0 Å². The maximum Gasteiger partial charge on any atom is 0.315 e. The Balaban J connectivity index is 4.22. The molecule has 0 heterocycles. The molecule has 5 nitrogen and oxygen atoms in total. The lowest BCUT2D eigenvalue weighted by atomic mass is 9.95. The van der Waals surface area contributed by atoms with Crippen molar-refractivity contribution in [3.63, 3.8) is 0 Å². The standard InChI is InChI=1S/C15H30N2O3/c1-6-12(7-2)11(5)17-15(20)16-9-13(14(18)19)8-10(3)4/h10-13H,6-9H2,1-5H3,(H,18,19)(H2,16,17,20). The number of aliphatic carboxylic acids is 1. The van der Waals surface area contributed by atoms with Gasteiger partial charge < -0.3 is 15.7 Å². The van der Waals surface area contributed by atoms with Gasteiger partial charge in [-0.1, -0.05) is 40.5 Å². The number of carbonyl (C=O) groups excluding carboxylic acids is 1. The van der Waals surface area contributed by atoms with E-state index in [1.807, 2.05) is 20.8 Å². The van der Waals surface area contributed by atoms with Crippen molar-refractivity contribution in [3.05, 3.63) is 0 Å². The van der Waals surface area contributed by atoms with Crippen LogP contribution >= 0.6 is 0 Å². The lowest BCUT2D eigenvalue weighted by Crippen LogP contribution is -2.46. The van der Waals surface area contributed by atoms with E-state index < -0.39 is 11.9 Å². The quantitative estimate of drug-likeness (QED) is 0.610. The minimum absolute atomic E-state index is 0.0957. The molecule has 5 heteroatoms. The molecule has 0 rings (SSSR count). The van der Waals surface area contributed by atoms with Gasteiger partial charge in [0.1, 0.15) is 0 Å². The summed E-state index contributed by atoms with van der Waals surface area (Å²) < 4.78 is 0. The largest absolute Gasteiger partial charge is 0.481 e. The molecule has 0 aliphatic rings. The first-order chi connectivity index (χ1) is 9.31. The number of nitrogens with one attached hydrogen (secondary N) is 2. The molecule has 0 spiro atoms. The van der Waals surface area contributed by atoms with E-state index in [1.165, 1.54) is 0 Å². The summed E-state index contributed by atoms with van der Waals surface area (Å²) in [6.45, 7) is 10.3. The van der Waals surface area contributed by atoms with E-state index in [2.05, 4.69) is 24.5 Å². The van der Waals surface area contributed by atoms with Crippen LogP contribution in [0.25, 0.3) is 0 Å². The zero-order valence-corrected chi connectivity index (χ0v) is 13.4. The fourth-order valence-electron chi connectivity index (χ4n) is 2.43. The minimum atomic E-state index is -0.855. The summed E-state index contributed by atoms with van der Waals surface area (Å²) in [6, 6.07) is -0.183. The van der Waals surface area contributed by atoms with Crippen molar-refractivity contribution >= 4 is 12.0 Å². The summed E-state index contributed by atoms with van der Waals surface area (Å²) >= 11 is 0. The van der Waals surface area contributed by atoms with Crippen LogP contribution < -0.4 is 10.6 Å². The number of hydrogen-bond donors (Lipinski definition) is 3. The predicted molar refractivity (Wildman–Crippen MR) is 80.6 cm³/mol. The molecule has 0 saturated carbocycles. The Morgan fingerprint density at radius 3 is 2.05 bits per heavy atom. The van der Waals surface area contributed by atoms with E-state index in [0.29, 0.717) is 18.3 Å². The SMILES string of the molecule is CCC(CC)C(C)NC(=O)NCC(CC(C)C)C(=O)O. The molecule has 0 radical (unpaired) electrons. The summed E-state index contributed by atoms with van der Waals surface area (Å²) in [5.74, 6) is -0.632. The van der Waals surface area contributed by atoms with Crippen LogP contribution in [0.15, 0.2) is 0 Å². The molecule has 0 aliphatic heterocycles. The third kappa shape index (κ3) is 7.36. The number of carboxylic acids is 1. The van der Waals surface area contributed by atoms with E-state index in [0.717, 1.165) is 12.8 Å². The third-order valence-electron chi connectivity index (χ3n) is 3.73. The van der Waals surface area contributed by atoms with Crippen molar-refractivity contribution in [1.29, 1.82) is 0 Å². The Labute approximate surface area is 122 Å². The Morgan fingerprint density at radius 2 is 1.65 bits per heavy atom. The van der Waals surface area contributed by atoms with Crippen LogP contribution in [0.4, 0.5) is 4.79 Å². The van der Waals surface area contributed by atoms with Crippen molar-refractivity contribution in [1.82, 2.24) is 10.6 Å². The highest BCUT2D eigenvalue weighted by molar-refractivity contribution is 5.76. The molecule has 3 N–H and O–H groups in total. The molecule has 0 bridgehead atoms. The molecule has 0 aromatic heterocycles. The fourth-order valence-corrected chi connectivity index (χ4v) is 2.43. The van der Waals surface area contributed by atoms with Crippen LogP contribution in [-0.2, 0) is 4.79 Å². The van der Waals surface area contributed by atoms with Gasteiger partial charge in [0, 0.05) is 12.6 Å². The monoisotopic (exact) mass is 286 g/mol. The van der Waals surface area contributed by atoms with E-state index in [1.54, 1.807) is 0 Å². The second kappa shape index (κ2) is 9.61. The molecule has 2 amide bonds. The van der Waals surface area contributed by atoms with Crippen LogP contribution in [0.5, 0.6) is 0 Å². The Hall–Kier alpha value is -1.26. The molecule has 0 fully saturated rings. The molecule has 0 aliphatic carbocycles. The van der Waals surface area contributed by atoms with Gasteiger partial charge in [-0.2, -0.15) is 0 Å². The zero-order valence-electron chi connectivity index (χ0n) is 13.4. The van der Waals surface area contributed by atoms with Gasteiger partial charge in [-0.25, -0.2) is 4.79 Å². The summed E-state index contributed by atoms with van der Waals surface area (Å²) in [7, 11) is 0. The molecule has 20 heavy (non-hydrogen) atoms. The lowest BCUT2D eigenvalue weighted by Gasteiger charge is -2.23. The maximum atomic E-state index is 11.8. The van der Waals surface area contributed by atoms with E-state index >= 15 is 0 Å². The number of rotatable bonds is 9. The first-order valence-electron chi connectivity index (χ1n) is 7.58.